The average Bonchev–Trinajstić information content (AvgIpc) is 2.98. The molecule has 18 heavy (non-hydrogen) atoms. The van der Waals surface area contributed by atoms with E-state index in [2.05, 4.69) is 21.2 Å². The number of aryl methyl sites for hydroxylation is 1. The van der Waals surface area contributed by atoms with Crippen LogP contribution in [0.3, 0.4) is 0 Å². The molecule has 1 fully saturated rings. The van der Waals surface area contributed by atoms with E-state index in [1.165, 1.54) is 0 Å². The van der Waals surface area contributed by atoms with Gasteiger partial charge >= 0.3 is 0 Å². The van der Waals surface area contributed by atoms with Crippen LogP contribution in [-0.4, -0.2) is 29.7 Å². The third-order valence-electron chi connectivity index (χ3n) is 3.21. The van der Waals surface area contributed by atoms with Gasteiger partial charge in [-0.05, 0) is 48.2 Å². The summed E-state index contributed by atoms with van der Waals surface area (Å²) in [6, 6.07) is 1.85. The van der Waals surface area contributed by atoms with Crippen LogP contribution >= 0.6 is 15.9 Å². The molecule has 0 radical (unpaired) electrons. The molecule has 0 aliphatic carbocycles. The number of ether oxygens (including phenoxy) is 1. The fraction of sp³-hybridized carbons (Fsp3) is 0.615. The van der Waals surface area contributed by atoms with Crippen LogP contribution in [0.2, 0.25) is 0 Å². The Morgan fingerprint density at radius 3 is 3.17 bits per heavy atom. The first-order valence-corrected chi connectivity index (χ1v) is 7.25. The minimum absolute atomic E-state index is 0.0134. The summed E-state index contributed by atoms with van der Waals surface area (Å²) in [6.45, 7) is 4.36. The minimum Gasteiger partial charge on any atom is -0.378 e. The van der Waals surface area contributed by atoms with E-state index in [0.29, 0.717) is 18.3 Å². The highest BCUT2D eigenvalue weighted by atomic mass is 79.9. The Kier molecular flexibility index (Phi) is 4.83. The van der Waals surface area contributed by atoms with E-state index < -0.39 is 0 Å². The molecule has 1 aliphatic heterocycles. The first kappa shape index (κ1) is 13.6. The lowest BCUT2D eigenvalue weighted by atomic mass is 10.2. The molecule has 4 nitrogen and oxygen atoms in total. The second kappa shape index (κ2) is 6.38. The Balaban J connectivity index is 1.83. The van der Waals surface area contributed by atoms with Crippen LogP contribution in [-0.2, 0) is 11.3 Å². The summed E-state index contributed by atoms with van der Waals surface area (Å²) in [5.74, 6) is -0.0134. The molecule has 100 valence electrons. The molecular formula is C13H19BrN2O2. The summed E-state index contributed by atoms with van der Waals surface area (Å²) >= 11 is 3.39. The highest BCUT2D eigenvalue weighted by molar-refractivity contribution is 9.10. The molecule has 0 bridgehead atoms. The van der Waals surface area contributed by atoms with Gasteiger partial charge in [-0.25, -0.2) is 0 Å². The largest absolute Gasteiger partial charge is 0.378 e. The summed E-state index contributed by atoms with van der Waals surface area (Å²) in [5, 5.41) is 2.95. The SMILES string of the molecule is CCn1cc(Br)cc1C(=O)NCC[C@@H]1CCCO1. The Hall–Kier alpha value is -0.810. The average molecular weight is 315 g/mol. The maximum Gasteiger partial charge on any atom is 0.267 e. The third kappa shape index (κ3) is 3.36. The topological polar surface area (TPSA) is 43.3 Å². The van der Waals surface area contributed by atoms with Gasteiger partial charge in [0.2, 0.25) is 0 Å². The van der Waals surface area contributed by atoms with Crippen molar-refractivity contribution in [1.29, 1.82) is 0 Å². The number of rotatable bonds is 5. The number of nitrogens with zero attached hydrogens (tertiary/aromatic N) is 1. The van der Waals surface area contributed by atoms with Crippen molar-refractivity contribution in [2.75, 3.05) is 13.2 Å². The van der Waals surface area contributed by atoms with E-state index in [1.807, 2.05) is 23.8 Å². The van der Waals surface area contributed by atoms with Gasteiger partial charge in [0, 0.05) is 30.4 Å². The maximum atomic E-state index is 12.0. The smallest absolute Gasteiger partial charge is 0.267 e. The van der Waals surface area contributed by atoms with Crippen molar-refractivity contribution in [3.8, 4) is 0 Å². The highest BCUT2D eigenvalue weighted by Crippen LogP contribution is 2.16. The van der Waals surface area contributed by atoms with Crippen LogP contribution in [0, 0.1) is 0 Å². The second-order valence-electron chi connectivity index (χ2n) is 4.51. The van der Waals surface area contributed by atoms with E-state index >= 15 is 0 Å². The monoisotopic (exact) mass is 314 g/mol. The minimum atomic E-state index is -0.0134. The van der Waals surface area contributed by atoms with E-state index in [0.717, 1.165) is 36.9 Å². The van der Waals surface area contributed by atoms with Gasteiger partial charge in [0.1, 0.15) is 5.69 Å². The standard InChI is InChI=1S/C13H19BrN2O2/c1-2-16-9-10(14)8-12(16)13(17)15-6-5-11-4-3-7-18-11/h8-9,11H,2-7H2,1H3,(H,15,17)/t11-/m0/s1. The van der Waals surface area contributed by atoms with Gasteiger partial charge in [-0.15, -0.1) is 0 Å². The molecule has 1 amide bonds. The van der Waals surface area contributed by atoms with Crippen molar-refractivity contribution in [3.05, 3.63) is 22.4 Å². The molecule has 1 N–H and O–H groups in total. The molecule has 1 aromatic heterocycles. The second-order valence-corrected chi connectivity index (χ2v) is 5.42. The van der Waals surface area contributed by atoms with Crippen LogP contribution in [0.5, 0.6) is 0 Å². The zero-order valence-electron chi connectivity index (χ0n) is 10.6. The fourth-order valence-corrected chi connectivity index (χ4v) is 2.70. The van der Waals surface area contributed by atoms with E-state index in [1.54, 1.807) is 0 Å². The number of hydrogen-bond acceptors (Lipinski definition) is 2. The number of carbonyl (C=O) groups excluding carboxylic acids is 1. The highest BCUT2D eigenvalue weighted by Gasteiger charge is 2.16. The van der Waals surface area contributed by atoms with Crippen LogP contribution in [0.4, 0.5) is 0 Å². The predicted molar refractivity (Wildman–Crippen MR) is 73.7 cm³/mol. The van der Waals surface area contributed by atoms with Crippen LogP contribution < -0.4 is 5.32 Å². The zero-order valence-corrected chi connectivity index (χ0v) is 12.2. The predicted octanol–water partition coefficient (Wildman–Crippen LogP) is 2.57. The van der Waals surface area contributed by atoms with Crippen LogP contribution in [0.15, 0.2) is 16.7 Å². The number of amides is 1. The lowest BCUT2D eigenvalue weighted by Crippen LogP contribution is -2.28. The lowest BCUT2D eigenvalue weighted by Gasteiger charge is -2.11. The van der Waals surface area contributed by atoms with Gasteiger partial charge in [-0.3, -0.25) is 4.79 Å². The van der Waals surface area contributed by atoms with Crippen molar-refractivity contribution in [3.63, 3.8) is 0 Å². The van der Waals surface area contributed by atoms with Crippen LogP contribution in [0.25, 0.3) is 0 Å². The number of hydrogen-bond donors (Lipinski definition) is 1. The molecule has 0 spiro atoms. The fourth-order valence-electron chi connectivity index (χ4n) is 2.24. The number of carbonyl (C=O) groups is 1. The van der Waals surface area contributed by atoms with Gasteiger partial charge in [-0.1, -0.05) is 0 Å². The number of aromatic nitrogens is 1. The summed E-state index contributed by atoms with van der Waals surface area (Å²) in [5.41, 5.74) is 0.705. The first-order valence-electron chi connectivity index (χ1n) is 6.46. The Labute approximate surface area is 116 Å². The third-order valence-corrected chi connectivity index (χ3v) is 3.65. The molecule has 1 saturated heterocycles. The quantitative estimate of drug-likeness (QED) is 0.907. The summed E-state index contributed by atoms with van der Waals surface area (Å²) in [6.07, 6.45) is 5.42. The van der Waals surface area contributed by atoms with E-state index in [4.69, 9.17) is 4.74 Å². The molecule has 0 aromatic carbocycles. The Morgan fingerprint density at radius 1 is 1.67 bits per heavy atom. The van der Waals surface area contributed by atoms with Crippen molar-refractivity contribution < 1.29 is 9.53 Å². The van der Waals surface area contributed by atoms with E-state index in [-0.39, 0.29) is 5.91 Å². The van der Waals surface area contributed by atoms with Gasteiger partial charge in [0.15, 0.2) is 0 Å². The Morgan fingerprint density at radius 2 is 2.50 bits per heavy atom. The molecule has 5 heteroatoms. The molecule has 1 aromatic rings. The van der Waals surface area contributed by atoms with Gasteiger partial charge in [-0.2, -0.15) is 0 Å². The molecule has 1 aliphatic rings. The molecule has 2 rings (SSSR count). The molecule has 0 unspecified atom stereocenters. The first-order chi connectivity index (χ1) is 8.70. The normalized spacial score (nSPS) is 19.1. The van der Waals surface area contributed by atoms with E-state index in [9.17, 15) is 4.79 Å². The maximum absolute atomic E-state index is 12.0. The number of halogens is 1. The summed E-state index contributed by atoms with van der Waals surface area (Å²) in [7, 11) is 0. The van der Waals surface area contributed by atoms with Crippen LogP contribution in [0.1, 0.15) is 36.7 Å². The summed E-state index contributed by atoms with van der Waals surface area (Å²) in [4.78, 5) is 12.0. The van der Waals surface area contributed by atoms with Gasteiger partial charge in [0.25, 0.3) is 5.91 Å². The van der Waals surface area contributed by atoms with Crippen molar-refractivity contribution in [1.82, 2.24) is 9.88 Å². The Bertz CT molecular complexity index is 411. The van der Waals surface area contributed by atoms with Gasteiger partial charge in [0.05, 0.1) is 6.10 Å². The molecule has 2 heterocycles. The molecular weight excluding hydrogens is 296 g/mol. The summed E-state index contributed by atoms with van der Waals surface area (Å²) < 4.78 is 8.40. The lowest BCUT2D eigenvalue weighted by molar-refractivity contribution is 0.0900. The zero-order chi connectivity index (χ0) is 13.0. The number of nitrogens with one attached hydrogen (secondary N) is 1. The van der Waals surface area contributed by atoms with Crippen molar-refractivity contribution in [2.45, 2.75) is 38.8 Å². The molecule has 0 saturated carbocycles. The van der Waals surface area contributed by atoms with Crippen molar-refractivity contribution >= 4 is 21.8 Å². The van der Waals surface area contributed by atoms with Gasteiger partial charge < -0.3 is 14.6 Å². The van der Waals surface area contributed by atoms with Crippen molar-refractivity contribution in [2.24, 2.45) is 0 Å². The molecule has 1 atom stereocenters.